The van der Waals surface area contributed by atoms with Gasteiger partial charge < -0.3 is 0 Å². The molecule has 2 aliphatic rings. The molecule has 2 bridgehead atoms. The van der Waals surface area contributed by atoms with Gasteiger partial charge in [0.25, 0.3) is 0 Å². The van der Waals surface area contributed by atoms with Gasteiger partial charge in [-0.1, -0.05) is 22.0 Å². The van der Waals surface area contributed by atoms with E-state index in [-0.39, 0.29) is 0 Å². The summed E-state index contributed by atoms with van der Waals surface area (Å²) in [5.41, 5.74) is 0.806. The number of rotatable bonds is 2. The fourth-order valence-electron chi connectivity index (χ4n) is 3.49. The first-order chi connectivity index (χ1) is 9.89. The minimum Gasteiger partial charge on any atom is -0.299 e. The number of hydrogen-bond donors (Lipinski definition) is 0. The van der Waals surface area contributed by atoms with Crippen LogP contribution >= 0.6 is 15.9 Å². The molecule has 2 fully saturated rings. The molecule has 0 radical (unpaired) electrons. The average molecular weight is 373 g/mol. The van der Waals surface area contributed by atoms with Gasteiger partial charge >= 0.3 is 0 Å². The molecular formula is C15H21BrN2O2S. The molecule has 116 valence electrons. The van der Waals surface area contributed by atoms with Crippen molar-refractivity contribution in [1.82, 2.24) is 9.21 Å². The van der Waals surface area contributed by atoms with Gasteiger partial charge in [0.05, 0.1) is 4.90 Å². The molecule has 1 aromatic rings. The van der Waals surface area contributed by atoms with Gasteiger partial charge in [0.1, 0.15) is 0 Å². The molecule has 4 nitrogen and oxygen atoms in total. The van der Waals surface area contributed by atoms with Gasteiger partial charge in [-0.3, -0.25) is 4.90 Å². The molecule has 0 saturated carbocycles. The van der Waals surface area contributed by atoms with Gasteiger partial charge in [-0.05, 0) is 50.9 Å². The molecule has 2 aliphatic heterocycles. The van der Waals surface area contributed by atoms with E-state index in [2.05, 4.69) is 27.9 Å². The van der Waals surface area contributed by atoms with Crippen molar-refractivity contribution in [1.29, 1.82) is 0 Å². The molecule has 0 amide bonds. The topological polar surface area (TPSA) is 40.6 Å². The summed E-state index contributed by atoms with van der Waals surface area (Å²) < 4.78 is 28.5. The Morgan fingerprint density at radius 3 is 2.67 bits per heavy atom. The molecule has 0 spiro atoms. The Labute approximate surface area is 135 Å². The molecule has 6 heteroatoms. The van der Waals surface area contributed by atoms with Crippen LogP contribution in [0.15, 0.2) is 27.6 Å². The lowest BCUT2D eigenvalue weighted by molar-refractivity contribution is 0.246. The van der Waals surface area contributed by atoms with Gasteiger partial charge in [-0.25, -0.2) is 8.42 Å². The van der Waals surface area contributed by atoms with Crippen molar-refractivity contribution in [2.45, 2.75) is 43.2 Å². The van der Waals surface area contributed by atoms with Gasteiger partial charge in [-0.15, -0.1) is 0 Å². The second-order valence-electron chi connectivity index (χ2n) is 6.11. The number of aryl methyl sites for hydroxylation is 1. The molecule has 0 aromatic heterocycles. The van der Waals surface area contributed by atoms with Crippen LogP contribution in [0.4, 0.5) is 0 Å². The van der Waals surface area contributed by atoms with E-state index in [0.717, 1.165) is 22.9 Å². The summed E-state index contributed by atoms with van der Waals surface area (Å²) in [6.45, 7) is 3.09. The zero-order valence-corrected chi connectivity index (χ0v) is 14.8. The lowest BCUT2D eigenvalue weighted by Crippen LogP contribution is -2.39. The van der Waals surface area contributed by atoms with Crippen molar-refractivity contribution < 1.29 is 8.42 Å². The van der Waals surface area contributed by atoms with E-state index in [1.165, 1.54) is 6.42 Å². The Morgan fingerprint density at radius 2 is 1.90 bits per heavy atom. The lowest BCUT2D eigenvalue weighted by Gasteiger charge is -2.26. The second kappa shape index (κ2) is 5.65. The van der Waals surface area contributed by atoms with Crippen LogP contribution in [-0.2, 0) is 10.0 Å². The summed E-state index contributed by atoms with van der Waals surface area (Å²) in [4.78, 5) is 2.79. The van der Waals surface area contributed by atoms with Crippen molar-refractivity contribution >= 4 is 26.0 Å². The van der Waals surface area contributed by atoms with Gasteiger partial charge in [0, 0.05) is 29.6 Å². The van der Waals surface area contributed by atoms with Gasteiger partial charge in [0.15, 0.2) is 0 Å². The number of nitrogens with zero attached hydrogens (tertiary/aromatic N) is 2. The summed E-state index contributed by atoms with van der Waals surface area (Å²) in [6, 6.07) is 6.36. The van der Waals surface area contributed by atoms with Crippen molar-refractivity contribution in [3.63, 3.8) is 0 Å². The Morgan fingerprint density at radius 1 is 1.19 bits per heavy atom. The van der Waals surface area contributed by atoms with Crippen LogP contribution in [0.1, 0.15) is 24.8 Å². The number of hydrogen-bond acceptors (Lipinski definition) is 3. The molecule has 2 heterocycles. The standard InChI is InChI=1S/C15H21BrN2O2S/c1-11-3-4-12(16)9-15(11)21(19,20)18-8-7-13-5-6-14(10-18)17(13)2/h3-4,9,13-14H,5-8,10H2,1-2H3. The minimum absolute atomic E-state index is 0.361. The Bertz CT molecular complexity index is 647. The van der Waals surface area contributed by atoms with Crippen LogP contribution in [-0.4, -0.2) is 49.8 Å². The minimum atomic E-state index is -3.41. The molecule has 2 atom stereocenters. The Kier molecular flexibility index (Phi) is 4.16. The van der Waals surface area contributed by atoms with Crippen molar-refractivity contribution in [2.75, 3.05) is 20.1 Å². The highest BCUT2D eigenvalue weighted by atomic mass is 79.9. The number of sulfonamides is 1. The fourth-order valence-corrected chi connectivity index (χ4v) is 5.74. The predicted molar refractivity (Wildman–Crippen MR) is 86.8 cm³/mol. The molecule has 2 unspecified atom stereocenters. The number of fused-ring (bicyclic) bond motifs is 2. The summed E-state index contributed by atoms with van der Waals surface area (Å²) in [5.74, 6) is 0. The molecule has 21 heavy (non-hydrogen) atoms. The van der Waals surface area contributed by atoms with E-state index >= 15 is 0 Å². The maximum Gasteiger partial charge on any atom is 0.243 e. The second-order valence-corrected chi connectivity index (χ2v) is 8.93. The van der Waals surface area contributed by atoms with E-state index in [9.17, 15) is 8.42 Å². The maximum absolute atomic E-state index is 13.0. The van der Waals surface area contributed by atoms with E-state index in [4.69, 9.17) is 0 Å². The third kappa shape index (κ3) is 2.79. The Balaban J connectivity index is 1.93. The highest BCUT2D eigenvalue weighted by Crippen LogP contribution is 2.32. The first kappa shape index (κ1) is 15.5. The molecule has 0 N–H and O–H groups in total. The number of likely N-dealkylation sites (N-methyl/N-ethyl adjacent to an activating group) is 1. The lowest BCUT2D eigenvalue weighted by atomic mass is 10.1. The zero-order valence-electron chi connectivity index (χ0n) is 12.4. The molecule has 2 saturated heterocycles. The normalized spacial score (nSPS) is 27.8. The first-order valence-electron chi connectivity index (χ1n) is 7.38. The SMILES string of the molecule is Cc1ccc(Br)cc1S(=O)(=O)N1CCC2CCC(C1)N2C. The Hall–Kier alpha value is -0.430. The highest BCUT2D eigenvalue weighted by Gasteiger charge is 2.38. The fraction of sp³-hybridized carbons (Fsp3) is 0.600. The number of benzene rings is 1. The smallest absolute Gasteiger partial charge is 0.243 e. The van der Waals surface area contributed by atoms with Crippen LogP contribution in [0.2, 0.25) is 0 Å². The maximum atomic E-state index is 13.0. The highest BCUT2D eigenvalue weighted by molar-refractivity contribution is 9.10. The van der Waals surface area contributed by atoms with E-state index in [1.807, 2.05) is 19.1 Å². The van der Waals surface area contributed by atoms with Crippen molar-refractivity contribution in [2.24, 2.45) is 0 Å². The summed E-state index contributed by atoms with van der Waals surface area (Å²) in [7, 11) is -1.28. The molecule has 1 aromatic carbocycles. The van der Waals surface area contributed by atoms with Crippen LogP contribution < -0.4 is 0 Å². The molecule has 3 rings (SSSR count). The quantitative estimate of drug-likeness (QED) is 0.800. The first-order valence-corrected chi connectivity index (χ1v) is 9.61. The van der Waals surface area contributed by atoms with E-state index in [0.29, 0.717) is 30.1 Å². The summed E-state index contributed by atoms with van der Waals surface area (Å²) in [6.07, 6.45) is 3.23. The monoisotopic (exact) mass is 372 g/mol. The molecule has 0 aliphatic carbocycles. The van der Waals surface area contributed by atoms with Gasteiger partial charge in [0.2, 0.25) is 10.0 Å². The van der Waals surface area contributed by atoms with Gasteiger partial charge in [-0.2, -0.15) is 4.31 Å². The van der Waals surface area contributed by atoms with Crippen molar-refractivity contribution in [3.8, 4) is 0 Å². The van der Waals surface area contributed by atoms with Crippen molar-refractivity contribution in [3.05, 3.63) is 28.2 Å². The van der Waals surface area contributed by atoms with Crippen LogP contribution in [0, 0.1) is 6.92 Å². The van der Waals surface area contributed by atoms with Crippen LogP contribution in [0.5, 0.6) is 0 Å². The predicted octanol–water partition coefficient (Wildman–Crippen LogP) is 2.61. The van der Waals surface area contributed by atoms with Crippen LogP contribution in [0.3, 0.4) is 0 Å². The molecular weight excluding hydrogens is 352 g/mol. The van der Waals surface area contributed by atoms with Crippen LogP contribution in [0.25, 0.3) is 0 Å². The summed E-state index contributed by atoms with van der Waals surface area (Å²) >= 11 is 3.38. The third-order valence-electron chi connectivity index (χ3n) is 4.88. The summed E-state index contributed by atoms with van der Waals surface area (Å²) in [5, 5.41) is 0. The van der Waals surface area contributed by atoms with E-state index < -0.39 is 10.0 Å². The largest absolute Gasteiger partial charge is 0.299 e. The zero-order chi connectivity index (χ0) is 15.2. The van der Waals surface area contributed by atoms with E-state index in [1.54, 1.807) is 10.4 Å². The average Bonchev–Trinajstić information content (AvgIpc) is 2.65. The third-order valence-corrected chi connectivity index (χ3v) is 7.38. The number of halogens is 1.